The third-order valence-corrected chi connectivity index (χ3v) is 4.47. The second kappa shape index (κ2) is 7.66. The molecule has 26 heavy (non-hydrogen) atoms. The molecule has 0 aliphatic carbocycles. The van der Waals surface area contributed by atoms with Crippen LogP contribution in [-0.2, 0) is 11.3 Å². The Morgan fingerprint density at radius 3 is 2.77 bits per heavy atom. The number of carbonyl (C=O) groups excluding carboxylic acids is 1. The maximum atomic E-state index is 12.3. The molecule has 1 N–H and O–H groups in total. The first kappa shape index (κ1) is 16.7. The van der Waals surface area contributed by atoms with Gasteiger partial charge in [0.2, 0.25) is 6.79 Å². The highest BCUT2D eigenvalue weighted by Gasteiger charge is 2.16. The van der Waals surface area contributed by atoms with Crippen molar-refractivity contribution in [3.8, 4) is 17.2 Å². The predicted octanol–water partition coefficient (Wildman–Crippen LogP) is 2.90. The molecule has 0 bridgehead atoms. The van der Waals surface area contributed by atoms with E-state index >= 15 is 0 Å². The molecule has 0 radical (unpaired) electrons. The Morgan fingerprint density at radius 1 is 1.12 bits per heavy atom. The summed E-state index contributed by atoms with van der Waals surface area (Å²) in [5.74, 6) is 2.06. The van der Waals surface area contributed by atoms with Crippen molar-refractivity contribution in [2.75, 3.05) is 20.0 Å². The molecule has 0 spiro atoms. The van der Waals surface area contributed by atoms with Gasteiger partial charge in [-0.05, 0) is 54.8 Å². The van der Waals surface area contributed by atoms with E-state index in [4.69, 9.17) is 18.9 Å². The Morgan fingerprint density at radius 2 is 1.96 bits per heavy atom. The van der Waals surface area contributed by atoms with E-state index in [0.717, 1.165) is 36.5 Å². The van der Waals surface area contributed by atoms with Gasteiger partial charge in [-0.1, -0.05) is 6.07 Å². The van der Waals surface area contributed by atoms with Crippen LogP contribution in [0, 0.1) is 0 Å². The highest BCUT2D eigenvalue weighted by molar-refractivity contribution is 5.94. The first-order valence-electron chi connectivity index (χ1n) is 8.79. The standard InChI is InChI=1S/C20H21NO5/c22-20(21-11-14-3-8-18-19(10-14)26-13-25-18)15-4-6-16(7-5-15)24-12-17-2-1-9-23-17/h3-8,10,17H,1-2,9,11-13H2,(H,21,22)/t17-/m0/s1. The molecule has 1 fully saturated rings. The zero-order valence-corrected chi connectivity index (χ0v) is 14.4. The molecule has 0 saturated carbocycles. The van der Waals surface area contributed by atoms with Gasteiger partial charge < -0.3 is 24.3 Å². The summed E-state index contributed by atoms with van der Waals surface area (Å²) in [4.78, 5) is 12.3. The topological polar surface area (TPSA) is 66.0 Å². The number of rotatable bonds is 6. The largest absolute Gasteiger partial charge is 0.491 e. The lowest BCUT2D eigenvalue weighted by Crippen LogP contribution is -2.22. The van der Waals surface area contributed by atoms with Crippen molar-refractivity contribution in [3.05, 3.63) is 53.6 Å². The van der Waals surface area contributed by atoms with Gasteiger partial charge in [-0.25, -0.2) is 0 Å². The van der Waals surface area contributed by atoms with Crippen LogP contribution >= 0.6 is 0 Å². The Balaban J connectivity index is 1.28. The van der Waals surface area contributed by atoms with Gasteiger partial charge in [0.1, 0.15) is 12.4 Å². The fourth-order valence-electron chi connectivity index (χ4n) is 3.00. The van der Waals surface area contributed by atoms with Gasteiger partial charge in [0.25, 0.3) is 5.91 Å². The molecular weight excluding hydrogens is 334 g/mol. The molecule has 2 aromatic carbocycles. The maximum Gasteiger partial charge on any atom is 0.251 e. The second-order valence-corrected chi connectivity index (χ2v) is 6.34. The van der Waals surface area contributed by atoms with Gasteiger partial charge in [0.05, 0.1) is 6.10 Å². The highest BCUT2D eigenvalue weighted by Crippen LogP contribution is 2.32. The zero-order chi connectivity index (χ0) is 17.8. The molecule has 6 nitrogen and oxygen atoms in total. The SMILES string of the molecule is O=C(NCc1ccc2c(c1)OCO2)c1ccc(OC[C@@H]2CCCO2)cc1. The molecular formula is C20H21NO5. The molecule has 2 aliphatic rings. The first-order valence-corrected chi connectivity index (χ1v) is 8.79. The monoisotopic (exact) mass is 355 g/mol. The number of ether oxygens (including phenoxy) is 4. The molecule has 2 aromatic rings. The van der Waals surface area contributed by atoms with E-state index in [-0.39, 0.29) is 18.8 Å². The van der Waals surface area contributed by atoms with Crippen LogP contribution < -0.4 is 19.5 Å². The van der Waals surface area contributed by atoms with Crippen molar-refractivity contribution < 1.29 is 23.7 Å². The summed E-state index contributed by atoms with van der Waals surface area (Å²) < 4.78 is 21.9. The number of hydrogen-bond acceptors (Lipinski definition) is 5. The van der Waals surface area contributed by atoms with Crippen molar-refractivity contribution in [2.45, 2.75) is 25.5 Å². The van der Waals surface area contributed by atoms with Crippen molar-refractivity contribution >= 4 is 5.91 Å². The van der Waals surface area contributed by atoms with Crippen molar-refractivity contribution in [2.24, 2.45) is 0 Å². The number of carbonyl (C=O) groups is 1. The first-order chi connectivity index (χ1) is 12.8. The Kier molecular flexibility index (Phi) is 4.93. The molecule has 0 aromatic heterocycles. The molecule has 1 atom stereocenters. The lowest BCUT2D eigenvalue weighted by Gasteiger charge is -2.12. The van der Waals surface area contributed by atoms with Crippen LogP contribution in [0.25, 0.3) is 0 Å². The van der Waals surface area contributed by atoms with Gasteiger partial charge in [-0.15, -0.1) is 0 Å². The maximum absolute atomic E-state index is 12.3. The van der Waals surface area contributed by atoms with Crippen molar-refractivity contribution in [1.29, 1.82) is 0 Å². The van der Waals surface area contributed by atoms with E-state index in [1.807, 2.05) is 30.3 Å². The summed E-state index contributed by atoms with van der Waals surface area (Å²) in [7, 11) is 0. The summed E-state index contributed by atoms with van der Waals surface area (Å²) in [5, 5.41) is 2.91. The third-order valence-electron chi connectivity index (χ3n) is 4.47. The Hall–Kier alpha value is -2.73. The lowest BCUT2D eigenvalue weighted by atomic mass is 10.1. The van der Waals surface area contributed by atoms with Crippen molar-refractivity contribution in [1.82, 2.24) is 5.32 Å². The minimum absolute atomic E-state index is 0.131. The van der Waals surface area contributed by atoms with Crippen LogP contribution in [0.15, 0.2) is 42.5 Å². The normalized spacial score (nSPS) is 17.9. The van der Waals surface area contributed by atoms with Gasteiger partial charge in [-0.3, -0.25) is 4.79 Å². The molecule has 1 amide bonds. The second-order valence-electron chi connectivity index (χ2n) is 6.34. The van der Waals surface area contributed by atoms with Gasteiger partial charge >= 0.3 is 0 Å². The molecule has 2 aliphatic heterocycles. The minimum Gasteiger partial charge on any atom is -0.491 e. The third kappa shape index (κ3) is 3.91. The molecule has 0 unspecified atom stereocenters. The molecule has 4 rings (SSSR count). The molecule has 136 valence electrons. The Bertz CT molecular complexity index is 768. The summed E-state index contributed by atoms with van der Waals surface area (Å²) in [6, 6.07) is 12.8. The summed E-state index contributed by atoms with van der Waals surface area (Å²) >= 11 is 0. The van der Waals surface area contributed by atoms with Gasteiger partial charge in [0.15, 0.2) is 11.5 Å². The smallest absolute Gasteiger partial charge is 0.251 e. The lowest BCUT2D eigenvalue weighted by molar-refractivity contribution is 0.0679. The van der Waals surface area contributed by atoms with E-state index in [0.29, 0.717) is 24.5 Å². The number of fused-ring (bicyclic) bond motifs is 1. The molecule has 2 heterocycles. The number of benzene rings is 2. The number of amides is 1. The van der Waals surface area contributed by atoms with E-state index in [1.54, 1.807) is 12.1 Å². The van der Waals surface area contributed by atoms with E-state index < -0.39 is 0 Å². The van der Waals surface area contributed by atoms with Gasteiger partial charge in [0, 0.05) is 18.7 Å². The number of hydrogen-bond donors (Lipinski definition) is 1. The fraction of sp³-hybridized carbons (Fsp3) is 0.350. The zero-order valence-electron chi connectivity index (χ0n) is 14.4. The van der Waals surface area contributed by atoms with E-state index in [1.165, 1.54) is 0 Å². The van der Waals surface area contributed by atoms with Crippen LogP contribution in [0.4, 0.5) is 0 Å². The van der Waals surface area contributed by atoms with E-state index in [9.17, 15) is 4.79 Å². The van der Waals surface area contributed by atoms with Crippen LogP contribution in [0.3, 0.4) is 0 Å². The van der Waals surface area contributed by atoms with E-state index in [2.05, 4.69) is 5.32 Å². The average molecular weight is 355 g/mol. The Labute approximate surface area is 152 Å². The van der Waals surface area contributed by atoms with Crippen molar-refractivity contribution in [3.63, 3.8) is 0 Å². The summed E-state index contributed by atoms with van der Waals surface area (Å²) in [5.41, 5.74) is 1.55. The number of nitrogens with one attached hydrogen (secondary N) is 1. The molecule has 6 heteroatoms. The van der Waals surface area contributed by atoms with Crippen LogP contribution in [0.2, 0.25) is 0 Å². The molecule has 1 saturated heterocycles. The average Bonchev–Trinajstić information content (AvgIpc) is 3.36. The quantitative estimate of drug-likeness (QED) is 0.863. The van der Waals surface area contributed by atoms with Gasteiger partial charge in [-0.2, -0.15) is 0 Å². The van der Waals surface area contributed by atoms with Crippen LogP contribution in [-0.4, -0.2) is 32.0 Å². The predicted molar refractivity (Wildman–Crippen MR) is 94.6 cm³/mol. The highest BCUT2D eigenvalue weighted by atomic mass is 16.7. The fourth-order valence-corrected chi connectivity index (χ4v) is 3.00. The minimum atomic E-state index is -0.131. The summed E-state index contributed by atoms with van der Waals surface area (Å²) in [6.07, 6.45) is 2.32. The summed E-state index contributed by atoms with van der Waals surface area (Å²) in [6.45, 7) is 2.03. The van der Waals surface area contributed by atoms with Crippen LogP contribution in [0.5, 0.6) is 17.2 Å². The van der Waals surface area contributed by atoms with Crippen LogP contribution in [0.1, 0.15) is 28.8 Å².